The number of benzene rings is 2. The van der Waals surface area contributed by atoms with Gasteiger partial charge in [-0.05, 0) is 25.1 Å². The molecule has 0 aliphatic heterocycles. The first-order valence-corrected chi connectivity index (χ1v) is 5.51. The van der Waals surface area contributed by atoms with E-state index in [2.05, 4.69) is 5.32 Å². The van der Waals surface area contributed by atoms with Gasteiger partial charge in [-0.15, -0.1) is 0 Å². The maximum Gasteiger partial charge on any atom is 0.149 e. The van der Waals surface area contributed by atoms with Gasteiger partial charge in [-0.2, -0.15) is 0 Å². The van der Waals surface area contributed by atoms with Crippen molar-refractivity contribution in [3.05, 3.63) is 65.0 Å². The molecule has 0 saturated carbocycles. The summed E-state index contributed by atoms with van der Waals surface area (Å²) in [5.74, 6) is -1.78. The lowest BCUT2D eigenvalue weighted by atomic mass is 10.1. The Labute approximate surface area is 103 Å². The zero-order valence-corrected chi connectivity index (χ0v) is 9.81. The van der Waals surface area contributed by atoms with Gasteiger partial charge in [0.15, 0.2) is 0 Å². The molecule has 0 unspecified atom stereocenters. The number of anilines is 1. The molecule has 0 bridgehead atoms. The third-order valence-corrected chi connectivity index (χ3v) is 2.62. The van der Waals surface area contributed by atoms with Gasteiger partial charge in [0.2, 0.25) is 0 Å². The molecule has 0 spiro atoms. The molecular weight excluding hydrogens is 239 g/mol. The van der Waals surface area contributed by atoms with Crippen LogP contribution in [0.25, 0.3) is 0 Å². The number of hydrogen-bond acceptors (Lipinski definition) is 1. The van der Waals surface area contributed by atoms with Gasteiger partial charge in [0.05, 0.1) is 0 Å². The molecule has 0 radical (unpaired) electrons. The molecule has 1 N–H and O–H groups in total. The van der Waals surface area contributed by atoms with Crippen molar-refractivity contribution in [1.82, 2.24) is 0 Å². The highest BCUT2D eigenvalue weighted by Crippen LogP contribution is 2.19. The highest BCUT2D eigenvalue weighted by atomic mass is 19.1. The fourth-order valence-corrected chi connectivity index (χ4v) is 1.69. The molecular formula is C14H12F3N. The average molecular weight is 251 g/mol. The second kappa shape index (κ2) is 5.12. The Bertz CT molecular complexity index is 547. The van der Waals surface area contributed by atoms with Gasteiger partial charge >= 0.3 is 0 Å². The monoisotopic (exact) mass is 251 g/mol. The van der Waals surface area contributed by atoms with Crippen LogP contribution in [0.5, 0.6) is 0 Å². The van der Waals surface area contributed by atoms with Gasteiger partial charge < -0.3 is 5.32 Å². The predicted octanol–water partition coefficient (Wildman–Crippen LogP) is 4.02. The number of nitrogens with one attached hydrogen (secondary N) is 1. The standard InChI is InChI=1S/C14H12F3N/c1-9-5-6-11(15)10(7-9)8-18-14-12(16)3-2-4-13(14)17/h2-7,18H,8H2,1H3. The number of rotatable bonds is 3. The van der Waals surface area contributed by atoms with E-state index in [0.29, 0.717) is 5.56 Å². The molecule has 2 rings (SSSR count). The molecule has 94 valence electrons. The van der Waals surface area contributed by atoms with Crippen LogP contribution in [0.1, 0.15) is 11.1 Å². The lowest BCUT2D eigenvalue weighted by Gasteiger charge is -2.10. The Hall–Kier alpha value is -1.97. The van der Waals surface area contributed by atoms with E-state index in [4.69, 9.17) is 0 Å². The molecule has 1 nitrogen and oxygen atoms in total. The number of halogens is 3. The van der Waals surface area contributed by atoms with E-state index in [-0.39, 0.29) is 12.2 Å². The molecule has 18 heavy (non-hydrogen) atoms. The van der Waals surface area contributed by atoms with Crippen molar-refractivity contribution in [2.45, 2.75) is 13.5 Å². The largest absolute Gasteiger partial charge is 0.376 e. The Morgan fingerprint density at radius 3 is 2.28 bits per heavy atom. The Balaban J connectivity index is 2.19. The van der Waals surface area contributed by atoms with Gasteiger partial charge in [-0.1, -0.05) is 23.8 Å². The summed E-state index contributed by atoms with van der Waals surface area (Å²) in [6, 6.07) is 8.20. The fourth-order valence-electron chi connectivity index (χ4n) is 1.69. The molecule has 0 aromatic heterocycles. The fraction of sp³-hybridized carbons (Fsp3) is 0.143. The van der Waals surface area contributed by atoms with E-state index >= 15 is 0 Å². The highest BCUT2D eigenvalue weighted by molar-refractivity contribution is 5.46. The van der Waals surface area contributed by atoms with Crippen LogP contribution in [0, 0.1) is 24.4 Å². The molecule has 2 aromatic carbocycles. The van der Waals surface area contributed by atoms with Crippen molar-refractivity contribution < 1.29 is 13.2 Å². The van der Waals surface area contributed by atoms with Crippen molar-refractivity contribution in [2.24, 2.45) is 0 Å². The van der Waals surface area contributed by atoms with Crippen molar-refractivity contribution in [2.75, 3.05) is 5.32 Å². The Morgan fingerprint density at radius 2 is 1.61 bits per heavy atom. The van der Waals surface area contributed by atoms with Crippen molar-refractivity contribution in [3.63, 3.8) is 0 Å². The first kappa shape index (κ1) is 12.5. The Morgan fingerprint density at radius 1 is 0.944 bits per heavy atom. The SMILES string of the molecule is Cc1ccc(F)c(CNc2c(F)cccc2F)c1. The second-order valence-corrected chi connectivity index (χ2v) is 4.05. The number of para-hydroxylation sites is 1. The van der Waals surface area contributed by atoms with E-state index in [1.807, 2.05) is 6.92 Å². The topological polar surface area (TPSA) is 12.0 Å². The molecule has 0 amide bonds. The summed E-state index contributed by atoms with van der Waals surface area (Å²) in [7, 11) is 0. The summed E-state index contributed by atoms with van der Waals surface area (Å²) in [6.45, 7) is 1.86. The third kappa shape index (κ3) is 2.64. The van der Waals surface area contributed by atoms with Gasteiger partial charge in [0, 0.05) is 12.1 Å². The first-order valence-electron chi connectivity index (χ1n) is 5.51. The van der Waals surface area contributed by atoms with Crippen LogP contribution in [-0.2, 0) is 6.54 Å². The lowest BCUT2D eigenvalue weighted by molar-refractivity contribution is 0.585. The summed E-state index contributed by atoms with van der Waals surface area (Å²) in [5.41, 5.74) is 1.03. The minimum Gasteiger partial charge on any atom is -0.376 e. The normalized spacial score (nSPS) is 10.4. The van der Waals surface area contributed by atoms with Crippen molar-refractivity contribution in [1.29, 1.82) is 0 Å². The maximum atomic E-state index is 13.4. The van der Waals surface area contributed by atoms with E-state index in [0.717, 1.165) is 17.7 Å². The van der Waals surface area contributed by atoms with Gasteiger partial charge in [0.25, 0.3) is 0 Å². The zero-order valence-electron chi connectivity index (χ0n) is 9.81. The molecule has 2 aromatic rings. The van der Waals surface area contributed by atoms with Crippen molar-refractivity contribution >= 4 is 5.69 Å². The van der Waals surface area contributed by atoms with Crippen LogP contribution in [0.4, 0.5) is 18.9 Å². The third-order valence-electron chi connectivity index (χ3n) is 2.62. The molecule has 4 heteroatoms. The van der Waals surface area contributed by atoms with E-state index in [1.54, 1.807) is 12.1 Å². The summed E-state index contributed by atoms with van der Waals surface area (Å²) in [6.07, 6.45) is 0. The first-order chi connectivity index (χ1) is 8.58. The maximum absolute atomic E-state index is 13.4. The molecule has 0 atom stereocenters. The van der Waals surface area contributed by atoms with Crippen LogP contribution in [-0.4, -0.2) is 0 Å². The van der Waals surface area contributed by atoms with Crippen LogP contribution in [0.3, 0.4) is 0 Å². The second-order valence-electron chi connectivity index (χ2n) is 4.05. The van der Waals surface area contributed by atoms with Crippen LogP contribution in [0.15, 0.2) is 36.4 Å². The van der Waals surface area contributed by atoms with Crippen LogP contribution in [0.2, 0.25) is 0 Å². The number of hydrogen-bond donors (Lipinski definition) is 1. The summed E-state index contributed by atoms with van der Waals surface area (Å²) < 4.78 is 40.1. The van der Waals surface area contributed by atoms with Gasteiger partial charge in [0.1, 0.15) is 23.1 Å². The molecule has 0 fully saturated rings. The van der Waals surface area contributed by atoms with Gasteiger partial charge in [-0.25, -0.2) is 13.2 Å². The van der Waals surface area contributed by atoms with Gasteiger partial charge in [-0.3, -0.25) is 0 Å². The minimum atomic E-state index is -0.692. The number of aryl methyl sites for hydroxylation is 1. The van der Waals surface area contributed by atoms with Crippen LogP contribution < -0.4 is 5.32 Å². The van der Waals surface area contributed by atoms with Crippen LogP contribution >= 0.6 is 0 Å². The molecule has 0 heterocycles. The van der Waals surface area contributed by atoms with Crippen molar-refractivity contribution in [3.8, 4) is 0 Å². The van der Waals surface area contributed by atoms with E-state index in [9.17, 15) is 13.2 Å². The lowest BCUT2D eigenvalue weighted by Crippen LogP contribution is -2.05. The quantitative estimate of drug-likeness (QED) is 0.868. The molecule has 0 aliphatic carbocycles. The predicted molar refractivity (Wildman–Crippen MR) is 64.8 cm³/mol. The van der Waals surface area contributed by atoms with E-state index < -0.39 is 17.5 Å². The summed E-state index contributed by atoms with van der Waals surface area (Å²) >= 11 is 0. The minimum absolute atomic E-state index is 0.0331. The summed E-state index contributed by atoms with van der Waals surface area (Å²) in [5, 5.41) is 2.58. The smallest absolute Gasteiger partial charge is 0.149 e. The highest BCUT2D eigenvalue weighted by Gasteiger charge is 2.09. The summed E-state index contributed by atoms with van der Waals surface area (Å²) in [4.78, 5) is 0. The Kier molecular flexibility index (Phi) is 3.55. The zero-order chi connectivity index (χ0) is 13.1. The molecule has 0 saturated heterocycles. The molecule has 0 aliphatic rings. The van der Waals surface area contributed by atoms with E-state index in [1.165, 1.54) is 12.1 Å². The average Bonchev–Trinajstić information content (AvgIpc) is 2.33.